The van der Waals surface area contributed by atoms with E-state index in [-0.39, 0.29) is 11.9 Å². The monoisotopic (exact) mass is 325 g/mol. The van der Waals surface area contributed by atoms with E-state index in [4.69, 9.17) is 5.73 Å². The number of amides is 1. The number of hydrogen-bond acceptors (Lipinski definition) is 3. The minimum atomic E-state index is -0.105. The average Bonchev–Trinajstić information content (AvgIpc) is 2.52. The quantitative estimate of drug-likeness (QED) is 0.922. The summed E-state index contributed by atoms with van der Waals surface area (Å²) in [4.78, 5) is 16.7. The number of benzene rings is 1. The number of carbonyl (C=O) groups excluding carboxylic acids is 1. The Kier molecular flexibility index (Phi) is 4.96. The molecule has 1 amide bonds. The lowest BCUT2D eigenvalue weighted by molar-refractivity contribution is -0.122. The van der Waals surface area contributed by atoms with Crippen LogP contribution in [0.1, 0.15) is 12.8 Å². The molecule has 1 fully saturated rings. The van der Waals surface area contributed by atoms with Crippen molar-refractivity contribution in [2.45, 2.75) is 18.9 Å². The second-order valence-corrected chi connectivity index (χ2v) is 5.81. The van der Waals surface area contributed by atoms with Crippen molar-refractivity contribution in [3.63, 3.8) is 0 Å². The van der Waals surface area contributed by atoms with E-state index in [1.807, 2.05) is 36.2 Å². The summed E-state index contributed by atoms with van der Waals surface area (Å²) in [6, 6.07) is 7.79. The molecule has 1 aromatic rings. The first-order chi connectivity index (χ1) is 9.13. The van der Waals surface area contributed by atoms with Crippen LogP contribution < -0.4 is 10.6 Å². The van der Waals surface area contributed by atoms with Gasteiger partial charge in [-0.3, -0.25) is 9.69 Å². The van der Waals surface area contributed by atoms with Gasteiger partial charge in [0.05, 0.1) is 6.04 Å². The number of nitrogens with zero attached hydrogens (tertiary/aromatic N) is 2. The predicted octanol–water partition coefficient (Wildman–Crippen LogP) is 1.83. The number of halogens is 1. The van der Waals surface area contributed by atoms with Crippen LogP contribution in [0.5, 0.6) is 0 Å². The minimum Gasteiger partial charge on any atom is -0.330 e. The molecule has 0 radical (unpaired) electrons. The molecule has 104 valence electrons. The maximum absolute atomic E-state index is 12.7. The third-order valence-electron chi connectivity index (χ3n) is 3.54. The topological polar surface area (TPSA) is 49.6 Å². The molecule has 1 atom stereocenters. The molecule has 0 spiro atoms. The predicted molar refractivity (Wildman–Crippen MR) is 81.2 cm³/mol. The van der Waals surface area contributed by atoms with Gasteiger partial charge in [-0.1, -0.05) is 22.0 Å². The molecular weight excluding hydrogens is 306 g/mol. The van der Waals surface area contributed by atoms with Gasteiger partial charge in [0.25, 0.3) is 0 Å². The van der Waals surface area contributed by atoms with Gasteiger partial charge in [0.15, 0.2) is 0 Å². The zero-order valence-corrected chi connectivity index (χ0v) is 12.8. The van der Waals surface area contributed by atoms with Crippen LogP contribution in [0.3, 0.4) is 0 Å². The van der Waals surface area contributed by atoms with E-state index >= 15 is 0 Å². The van der Waals surface area contributed by atoms with Crippen LogP contribution in [0, 0.1) is 0 Å². The van der Waals surface area contributed by atoms with Crippen molar-refractivity contribution >= 4 is 27.5 Å². The highest BCUT2D eigenvalue weighted by molar-refractivity contribution is 9.10. The van der Waals surface area contributed by atoms with Gasteiger partial charge in [0.1, 0.15) is 0 Å². The van der Waals surface area contributed by atoms with Gasteiger partial charge >= 0.3 is 0 Å². The van der Waals surface area contributed by atoms with Gasteiger partial charge in [-0.25, -0.2) is 0 Å². The smallest absolute Gasteiger partial charge is 0.244 e. The molecule has 1 saturated heterocycles. The fraction of sp³-hybridized carbons (Fsp3) is 0.500. The Morgan fingerprint density at radius 1 is 1.42 bits per heavy atom. The van der Waals surface area contributed by atoms with Crippen LogP contribution in [0.25, 0.3) is 0 Å². The average molecular weight is 326 g/mol. The second kappa shape index (κ2) is 6.50. The number of carbonyl (C=O) groups is 1. The molecule has 2 rings (SSSR count). The molecule has 0 aliphatic carbocycles. The van der Waals surface area contributed by atoms with E-state index in [9.17, 15) is 4.79 Å². The number of hydrogen-bond donors (Lipinski definition) is 1. The highest BCUT2D eigenvalue weighted by Gasteiger charge is 2.30. The Bertz CT molecular complexity index is 452. The van der Waals surface area contributed by atoms with E-state index in [1.54, 1.807) is 0 Å². The standard InChI is InChI=1S/C14H20BrN3O/c1-17-8-3-9-18(14(19)13(17)6-7-16)12-5-2-4-11(15)10-12/h2,4-5,10,13H,3,6-9,16H2,1H3. The number of nitrogens with two attached hydrogens (primary N) is 1. The summed E-state index contributed by atoms with van der Waals surface area (Å²) in [5.41, 5.74) is 6.59. The molecular formula is C14H20BrN3O. The molecule has 0 bridgehead atoms. The van der Waals surface area contributed by atoms with Gasteiger partial charge in [0, 0.05) is 23.2 Å². The molecule has 1 aliphatic rings. The first-order valence-corrected chi connectivity index (χ1v) is 7.40. The first kappa shape index (κ1) is 14.5. The van der Waals surface area contributed by atoms with Crippen molar-refractivity contribution in [1.29, 1.82) is 0 Å². The lowest BCUT2D eigenvalue weighted by atomic mass is 10.1. The number of rotatable bonds is 3. The third kappa shape index (κ3) is 3.35. The Morgan fingerprint density at radius 3 is 2.89 bits per heavy atom. The van der Waals surface area contributed by atoms with Crippen molar-refractivity contribution in [3.8, 4) is 0 Å². The Morgan fingerprint density at radius 2 is 2.21 bits per heavy atom. The summed E-state index contributed by atoms with van der Waals surface area (Å²) in [7, 11) is 2.00. The number of likely N-dealkylation sites (N-methyl/N-ethyl adjacent to an activating group) is 1. The Labute approximate surface area is 122 Å². The van der Waals surface area contributed by atoms with Crippen molar-refractivity contribution in [2.24, 2.45) is 5.73 Å². The summed E-state index contributed by atoms with van der Waals surface area (Å²) in [6.45, 7) is 2.23. The van der Waals surface area contributed by atoms with Crippen LogP contribution in [-0.2, 0) is 4.79 Å². The normalized spacial score (nSPS) is 21.5. The van der Waals surface area contributed by atoms with Crippen LogP contribution >= 0.6 is 15.9 Å². The van der Waals surface area contributed by atoms with E-state index < -0.39 is 0 Å². The molecule has 0 saturated carbocycles. The van der Waals surface area contributed by atoms with Crippen LogP contribution in [-0.4, -0.2) is 43.5 Å². The van der Waals surface area contributed by atoms with E-state index in [0.717, 1.165) is 29.7 Å². The van der Waals surface area contributed by atoms with Crippen molar-refractivity contribution in [2.75, 3.05) is 31.6 Å². The summed E-state index contributed by atoms with van der Waals surface area (Å²) >= 11 is 3.46. The van der Waals surface area contributed by atoms with Crippen LogP contribution in [0.4, 0.5) is 5.69 Å². The molecule has 1 heterocycles. The van der Waals surface area contributed by atoms with Gasteiger partial charge < -0.3 is 10.6 Å². The highest BCUT2D eigenvalue weighted by atomic mass is 79.9. The minimum absolute atomic E-state index is 0.105. The molecule has 2 N–H and O–H groups in total. The van der Waals surface area contributed by atoms with Gasteiger partial charge in [-0.15, -0.1) is 0 Å². The van der Waals surface area contributed by atoms with Crippen molar-refractivity contribution < 1.29 is 4.79 Å². The van der Waals surface area contributed by atoms with Crippen molar-refractivity contribution in [3.05, 3.63) is 28.7 Å². The Balaban J connectivity index is 2.26. The maximum atomic E-state index is 12.7. The summed E-state index contributed by atoms with van der Waals surface area (Å²) in [6.07, 6.45) is 1.69. The summed E-state index contributed by atoms with van der Waals surface area (Å²) < 4.78 is 0.991. The van der Waals surface area contributed by atoms with Gasteiger partial charge in [0.2, 0.25) is 5.91 Å². The third-order valence-corrected chi connectivity index (χ3v) is 4.03. The molecule has 4 nitrogen and oxygen atoms in total. The van der Waals surface area contributed by atoms with Gasteiger partial charge in [-0.2, -0.15) is 0 Å². The molecule has 1 aliphatic heterocycles. The fourth-order valence-electron chi connectivity index (χ4n) is 2.51. The van der Waals surface area contributed by atoms with Gasteiger partial charge in [-0.05, 0) is 44.6 Å². The SMILES string of the molecule is CN1CCCN(c2cccc(Br)c2)C(=O)C1CCN. The van der Waals surface area contributed by atoms with Crippen LogP contribution in [0.15, 0.2) is 28.7 Å². The molecule has 1 unspecified atom stereocenters. The largest absolute Gasteiger partial charge is 0.330 e. The molecule has 0 aromatic heterocycles. The molecule has 1 aromatic carbocycles. The van der Waals surface area contributed by atoms with E-state index in [2.05, 4.69) is 20.8 Å². The van der Waals surface area contributed by atoms with Crippen molar-refractivity contribution in [1.82, 2.24) is 4.90 Å². The van der Waals surface area contributed by atoms with E-state index in [1.165, 1.54) is 0 Å². The zero-order valence-electron chi connectivity index (χ0n) is 11.2. The van der Waals surface area contributed by atoms with E-state index in [0.29, 0.717) is 13.0 Å². The summed E-state index contributed by atoms with van der Waals surface area (Å²) in [5, 5.41) is 0. The maximum Gasteiger partial charge on any atom is 0.244 e. The lowest BCUT2D eigenvalue weighted by Gasteiger charge is -2.28. The first-order valence-electron chi connectivity index (χ1n) is 6.60. The summed E-state index contributed by atoms with van der Waals surface area (Å²) in [5.74, 6) is 0.156. The fourth-order valence-corrected chi connectivity index (χ4v) is 2.90. The second-order valence-electron chi connectivity index (χ2n) is 4.90. The zero-order chi connectivity index (χ0) is 13.8. The number of anilines is 1. The lowest BCUT2D eigenvalue weighted by Crippen LogP contribution is -2.45. The molecule has 19 heavy (non-hydrogen) atoms. The highest BCUT2D eigenvalue weighted by Crippen LogP contribution is 2.23. The van der Waals surface area contributed by atoms with Crippen LogP contribution in [0.2, 0.25) is 0 Å². The molecule has 5 heteroatoms. The Hall–Kier alpha value is -0.910.